The lowest BCUT2D eigenvalue weighted by molar-refractivity contribution is -0.385. The maximum atomic E-state index is 12.3. The van der Waals surface area contributed by atoms with Crippen molar-refractivity contribution in [2.45, 2.75) is 11.8 Å². The smallest absolute Gasteiger partial charge is 0.273 e. The Balaban J connectivity index is 2.04. The minimum atomic E-state index is -3.74. The van der Waals surface area contributed by atoms with Crippen LogP contribution in [0.25, 0.3) is 0 Å². The molecule has 0 aliphatic carbocycles. The molecule has 0 amide bonds. The summed E-state index contributed by atoms with van der Waals surface area (Å²) < 4.78 is 27.1. The van der Waals surface area contributed by atoms with Crippen molar-refractivity contribution in [2.75, 3.05) is 39.3 Å². The van der Waals surface area contributed by atoms with Gasteiger partial charge in [0.15, 0.2) is 0 Å². The van der Waals surface area contributed by atoms with Gasteiger partial charge in [-0.2, -0.15) is 0 Å². The molecule has 1 fully saturated rings. The lowest BCUT2D eigenvalue weighted by Gasteiger charge is -2.27. The summed E-state index contributed by atoms with van der Waals surface area (Å²) in [6.07, 6.45) is 0. The first kappa shape index (κ1) is 16.8. The van der Waals surface area contributed by atoms with E-state index in [1.165, 1.54) is 25.1 Å². The number of nitrogens with zero attached hydrogens (tertiary/aromatic N) is 2. The Labute approximate surface area is 129 Å². The predicted octanol–water partition coefficient (Wildman–Crippen LogP) is 0.0867. The van der Waals surface area contributed by atoms with E-state index in [4.69, 9.17) is 0 Å². The number of hydrogen-bond acceptors (Lipinski definition) is 6. The lowest BCUT2D eigenvalue weighted by Crippen LogP contribution is -2.46. The first-order valence-corrected chi connectivity index (χ1v) is 8.57. The van der Waals surface area contributed by atoms with E-state index in [0.29, 0.717) is 6.54 Å². The molecule has 2 N–H and O–H groups in total. The lowest BCUT2D eigenvalue weighted by atomic mass is 10.2. The van der Waals surface area contributed by atoms with Gasteiger partial charge in [0.2, 0.25) is 10.0 Å². The van der Waals surface area contributed by atoms with E-state index in [1.54, 1.807) is 0 Å². The van der Waals surface area contributed by atoms with Gasteiger partial charge < -0.3 is 5.32 Å². The fraction of sp³-hybridized carbons (Fsp3) is 0.538. The number of sulfonamides is 1. The predicted molar refractivity (Wildman–Crippen MR) is 82.3 cm³/mol. The molecule has 8 nitrogen and oxygen atoms in total. The van der Waals surface area contributed by atoms with E-state index in [9.17, 15) is 18.5 Å². The second kappa shape index (κ2) is 7.14. The van der Waals surface area contributed by atoms with Crippen LogP contribution in [0.1, 0.15) is 5.56 Å². The molecule has 1 aromatic carbocycles. The number of benzene rings is 1. The molecule has 1 aliphatic heterocycles. The summed E-state index contributed by atoms with van der Waals surface area (Å²) >= 11 is 0. The molecule has 22 heavy (non-hydrogen) atoms. The minimum absolute atomic E-state index is 0.0398. The van der Waals surface area contributed by atoms with Crippen LogP contribution in [0.15, 0.2) is 23.1 Å². The highest BCUT2D eigenvalue weighted by Gasteiger charge is 2.22. The van der Waals surface area contributed by atoms with Gasteiger partial charge in [-0.25, -0.2) is 13.1 Å². The molecule has 0 aromatic heterocycles. The largest absolute Gasteiger partial charge is 0.314 e. The quantitative estimate of drug-likeness (QED) is 0.566. The molecule has 0 radical (unpaired) electrons. The average Bonchev–Trinajstić information content (AvgIpc) is 2.48. The Morgan fingerprint density at radius 1 is 1.36 bits per heavy atom. The van der Waals surface area contributed by atoms with Gasteiger partial charge >= 0.3 is 0 Å². The van der Waals surface area contributed by atoms with E-state index < -0.39 is 14.9 Å². The summed E-state index contributed by atoms with van der Waals surface area (Å²) in [7, 11) is -3.74. The molecule has 1 aliphatic rings. The topological polar surface area (TPSA) is 105 Å². The maximum absolute atomic E-state index is 12.3. The van der Waals surface area contributed by atoms with Gasteiger partial charge in [0.25, 0.3) is 5.69 Å². The second-order valence-electron chi connectivity index (χ2n) is 5.15. The van der Waals surface area contributed by atoms with Crippen molar-refractivity contribution in [3.8, 4) is 0 Å². The molecule has 1 heterocycles. The third kappa shape index (κ3) is 4.01. The first-order chi connectivity index (χ1) is 10.4. The Kier molecular flexibility index (Phi) is 5.46. The van der Waals surface area contributed by atoms with Crippen molar-refractivity contribution >= 4 is 15.7 Å². The number of hydrogen-bond donors (Lipinski definition) is 2. The van der Waals surface area contributed by atoms with Crippen LogP contribution in [-0.2, 0) is 10.0 Å². The summed E-state index contributed by atoms with van der Waals surface area (Å²) in [6, 6.07) is 4.07. The van der Waals surface area contributed by atoms with Crippen LogP contribution < -0.4 is 10.0 Å². The van der Waals surface area contributed by atoms with Gasteiger partial charge in [0.1, 0.15) is 0 Å². The van der Waals surface area contributed by atoms with E-state index in [0.717, 1.165) is 26.2 Å². The van der Waals surface area contributed by atoms with E-state index in [1.807, 2.05) is 0 Å². The zero-order chi connectivity index (χ0) is 16.2. The summed E-state index contributed by atoms with van der Waals surface area (Å²) in [5, 5.41) is 14.1. The molecular weight excluding hydrogens is 308 g/mol. The van der Waals surface area contributed by atoms with Crippen LogP contribution in [0, 0.1) is 17.0 Å². The van der Waals surface area contributed by atoms with Gasteiger partial charge in [-0.3, -0.25) is 15.0 Å². The Morgan fingerprint density at radius 2 is 2.05 bits per heavy atom. The van der Waals surface area contributed by atoms with Crippen molar-refractivity contribution in [1.82, 2.24) is 14.9 Å². The maximum Gasteiger partial charge on any atom is 0.273 e. The highest BCUT2D eigenvalue weighted by Crippen LogP contribution is 2.24. The van der Waals surface area contributed by atoms with Crippen molar-refractivity contribution in [2.24, 2.45) is 0 Å². The molecular formula is C13H20N4O4S. The van der Waals surface area contributed by atoms with Gasteiger partial charge in [0.05, 0.1) is 9.82 Å². The van der Waals surface area contributed by atoms with Crippen molar-refractivity contribution in [3.05, 3.63) is 33.9 Å². The monoisotopic (exact) mass is 328 g/mol. The highest BCUT2D eigenvalue weighted by atomic mass is 32.2. The summed E-state index contributed by atoms with van der Waals surface area (Å²) in [4.78, 5) is 12.5. The van der Waals surface area contributed by atoms with Crippen LogP contribution in [0.3, 0.4) is 0 Å². The molecule has 0 atom stereocenters. The second-order valence-corrected chi connectivity index (χ2v) is 6.88. The van der Waals surface area contributed by atoms with Crippen LogP contribution in [0.5, 0.6) is 0 Å². The number of nitro benzene ring substituents is 1. The first-order valence-electron chi connectivity index (χ1n) is 7.08. The molecule has 9 heteroatoms. The molecule has 0 spiro atoms. The van der Waals surface area contributed by atoms with Crippen molar-refractivity contribution in [3.63, 3.8) is 0 Å². The van der Waals surface area contributed by atoms with E-state index in [-0.39, 0.29) is 22.7 Å². The van der Waals surface area contributed by atoms with Crippen LogP contribution in [0.2, 0.25) is 0 Å². The van der Waals surface area contributed by atoms with Crippen molar-refractivity contribution in [1.29, 1.82) is 0 Å². The van der Waals surface area contributed by atoms with Gasteiger partial charge in [-0.15, -0.1) is 0 Å². The zero-order valence-corrected chi connectivity index (χ0v) is 13.2. The standard InChI is InChI=1S/C13H20N4O4S/c1-11-12(17(18)19)3-2-4-13(11)22(20,21)15-7-10-16-8-5-14-6-9-16/h2-4,14-15H,5-10H2,1H3. The number of nitro groups is 1. The van der Waals surface area contributed by atoms with Crippen LogP contribution >= 0.6 is 0 Å². The summed E-state index contributed by atoms with van der Waals surface area (Å²) in [6.45, 7) is 5.92. The van der Waals surface area contributed by atoms with E-state index >= 15 is 0 Å². The van der Waals surface area contributed by atoms with Gasteiger partial charge in [-0.1, -0.05) is 6.07 Å². The van der Waals surface area contributed by atoms with Crippen LogP contribution in [0.4, 0.5) is 5.69 Å². The van der Waals surface area contributed by atoms with Gasteiger partial charge in [-0.05, 0) is 13.0 Å². The fourth-order valence-electron chi connectivity index (χ4n) is 2.44. The highest BCUT2D eigenvalue weighted by molar-refractivity contribution is 7.89. The zero-order valence-electron chi connectivity index (χ0n) is 12.4. The van der Waals surface area contributed by atoms with Crippen LogP contribution in [-0.4, -0.2) is 57.5 Å². The third-order valence-electron chi connectivity index (χ3n) is 3.67. The SMILES string of the molecule is Cc1c([N+](=O)[O-])cccc1S(=O)(=O)NCCN1CCNCC1. The molecule has 0 saturated carbocycles. The number of piperazine rings is 1. The van der Waals surface area contributed by atoms with E-state index in [2.05, 4.69) is 14.9 Å². The molecule has 122 valence electrons. The Hall–Kier alpha value is -1.55. The Bertz CT molecular complexity index is 641. The molecule has 1 saturated heterocycles. The molecule has 1 aromatic rings. The summed E-state index contributed by atoms with van der Waals surface area (Å²) in [5.74, 6) is 0. The normalized spacial score (nSPS) is 16.6. The minimum Gasteiger partial charge on any atom is -0.314 e. The Morgan fingerprint density at radius 3 is 2.68 bits per heavy atom. The number of nitrogens with one attached hydrogen (secondary N) is 2. The third-order valence-corrected chi connectivity index (χ3v) is 5.28. The van der Waals surface area contributed by atoms with Crippen molar-refractivity contribution < 1.29 is 13.3 Å². The molecule has 2 rings (SSSR count). The molecule has 0 bridgehead atoms. The average molecular weight is 328 g/mol. The molecule has 0 unspecified atom stereocenters. The summed E-state index contributed by atoms with van der Waals surface area (Å²) in [5.41, 5.74) is -0.0350. The van der Waals surface area contributed by atoms with Gasteiger partial charge in [0, 0.05) is 50.9 Å². The fourth-order valence-corrected chi connectivity index (χ4v) is 3.72. The number of rotatable bonds is 6.